The summed E-state index contributed by atoms with van der Waals surface area (Å²) in [6.07, 6.45) is 0. The number of morpholine rings is 1. The maximum atomic E-state index is 15.4. The quantitative estimate of drug-likeness (QED) is 0.244. The summed E-state index contributed by atoms with van der Waals surface area (Å²) in [6.45, 7) is 4.27. The molecule has 0 aliphatic carbocycles. The maximum Gasteiger partial charge on any atom is 0.170 e. The number of benzene rings is 3. The van der Waals surface area contributed by atoms with E-state index in [2.05, 4.69) is 4.67 Å². The van der Waals surface area contributed by atoms with Gasteiger partial charge in [0.25, 0.3) is 0 Å². The zero-order chi connectivity index (χ0) is 27.1. The van der Waals surface area contributed by atoms with Crippen LogP contribution in [0.1, 0.15) is 11.3 Å². The monoisotopic (exact) mass is 582 g/mol. The minimum absolute atomic E-state index is 0.370. The molecule has 0 N–H and O–H groups in total. The predicted molar refractivity (Wildman–Crippen MR) is 156 cm³/mol. The average Bonchev–Trinajstić information content (AvgIpc) is 3.29. The molecule has 0 spiro atoms. The third-order valence-corrected chi connectivity index (χ3v) is 11.3. The van der Waals surface area contributed by atoms with Crippen LogP contribution in [0.3, 0.4) is 0 Å². The second-order valence-electron chi connectivity index (χ2n) is 9.25. The number of hydrogen-bond acceptors (Lipinski definition) is 4. The Bertz CT molecular complexity index is 1610. The summed E-state index contributed by atoms with van der Waals surface area (Å²) in [5.41, 5.74) is 2.49. The van der Waals surface area contributed by atoms with Crippen LogP contribution in [0.4, 0.5) is 15.9 Å². The van der Waals surface area contributed by atoms with Crippen LogP contribution in [0.25, 0.3) is 5.69 Å². The number of para-hydroxylation sites is 1. The molecule has 0 bridgehead atoms. The number of aliphatic imine (C=N–C) groups is 1. The number of hydrogen-bond donors (Lipinski definition) is 0. The Morgan fingerprint density at radius 2 is 1.59 bits per heavy atom. The standard InChI is InChI=1S/C28H26Cl2FN6OP/c1-19-26-28(37(33-19)20-9-4-3-5-10-20)32-27(21-11-6-7-14-24(21)31)35(2)39(26,36-15-17-38-18-16-36)34-25-22(29)12-8-13-23(25)30/h3-14H,15-18H2,1-2H3. The van der Waals surface area contributed by atoms with E-state index >= 15 is 4.39 Å². The van der Waals surface area contributed by atoms with E-state index in [0.717, 1.165) is 16.7 Å². The second-order valence-corrected chi connectivity index (χ2v) is 13.0. The van der Waals surface area contributed by atoms with Gasteiger partial charge in [-0.2, -0.15) is 5.10 Å². The Morgan fingerprint density at radius 1 is 0.923 bits per heavy atom. The van der Waals surface area contributed by atoms with E-state index < -0.39 is 7.36 Å². The molecule has 6 rings (SSSR count). The van der Waals surface area contributed by atoms with E-state index in [1.165, 1.54) is 6.07 Å². The first-order chi connectivity index (χ1) is 18.9. The molecule has 2 aliphatic rings. The van der Waals surface area contributed by atoms with Gasteiger partial charge in [-0.05, 0) is 43.3 Å². The van der Waals surface area contributed by atoms with Crippen LogP contribution in [0.2, 0.25) is 10.0 Å². The Hall–Kier alpha value is -3.00. The second kappa shape index (κ2) is 10.5. The number of amidine groups is 1. The molecule has 11 heteroatoms. The van der Waals surface area contributed by atoms with Gasteiger partial charge in [-0.25, -0.2) is 23.5 Å². The fourth-order valence-electron chi connectivity index (χ4n) is 5.11. The zero-order valence-corrected chi connectivity index (χ0v) is 23.8. The van der Waals surface area contributed by atoms with Crippen molar-refractivity contribution in [1.29, 1.82) is 0 Å². The highest BCUT2D eigenvalue weighted by molar-refractivity contribution is 7.70. The van der Waals surface area contributed by atoms with Gasteiger partial charge >= 0.3 is 0 Å². The molecular weight excluding hydrogens is 557 g/mol. The van der Waals surface area contributed by atoms with Crippen molar-refractivity contribution in [2.75, 3.05) is 33.4 Å². The molecule has 3 heterocycles. The van der Waals surface area contributed by atoms with Gasteiger partial charge in [0.2, 0.25) is 0 Å². The largest absolute Gasteiger partial charge is 0.379 e. The minimum Gasteiger partial charge on any atom is -0.379 e. The van der Waals surface area contributed by atoms with Gasteiger partial charge in [0.1, 0.15) is 17.3 Å². The molecule has 1 unspecified atom stereocenters. The van der Waals surface area contributed by atoms with Crippen molar-refractivity contribution < 1.29 is 9.13 Å². The molecule has 0 amide bonds. The highest BCUT2D eigenvalue weighted by Gasteiger charge is 2.46. The number of aryl methyl sites for hydroxylation is 1. The van der Waals surface area contributed by atoms with E-state index in [4.69, 9.17) is 42.8 Å². The zero-order valence-electron chi connectivity index (χ0n) is 21.4. The van der Waals surface area contributed by atoms with Crippen molar-refractivity contribution in [2.45, 2.75) is 6.92 Å². The molecule has 39 heavy (non-hydrogen) atoms. The minimum atomic E-state index is -2.94. The van der Waals surface area contributed by atoms with Crippen LogP contribution in [0.5, 0.6) is 0 Å². The first kappa shape index (κ1) is 26.2. The van der Waals surface area contributed by atoms with Gasteiger partial charge in [0, 0.05) is 20.1 Å². The third-order valence-electron chi connectivity index (χ3n) is 6.92. The Morgan fingerprint density at radius 3 is 2.28 bits per heavy atom. The van der Waals surface area contributed by atoms with Crippen LogP contribution in [-0.4, -0.2) is 58.3 Å². The highest BCUT2D eigenvalue weighted by atomic mass is 35.5. The van der Waals surface area contributed by atoms with Gasteiger partial charge < -0.3 is 9.41 Å². The van der Waals surface area contributed by atoms with E-state index in [1.54, 1.807) is 36.4 Å². The number of rotatable bonds is 4. The van der Waals surface area contributed by atoms with E-state index in [9.17, 15) is 0 Å². The Balaban J connectivity index is 1.75. The number of nitrogens with zero attached hydrogens (tertiary/aromatic N) is 6. The summed E-state index contributed by atoms with van der Waals surface area (Å²) in [5.74, 6) is 0.705. The maximum absolute atomic E-state index is 15.4. The third kappa shape index (κ3) is 4.41. The lowest BCUT2D eigenvalue weighted by Gasteiger charge is -2.46. The van der Waals surface area contributed by atoms with Crippen molar-refractivity contribution in [2.24, 2.45) is 9.74 Å². The van der Waals surface area contributed by atoms with Crippen LogP contribution in [0.15, 0.2) is 82.5 Å². The van der Waals surface area contributed by atoms with Crippen molar-refractivity contribution in [3.63, 3.8) is 0 Å². The van der Waals surface area contributed by atoms with Crippen LogP contribution in [0, 0.1) is 12.7 Å². The molecule has 7 nitrogen and oxygen atoms in total. The van der Waals surface area contributed by atoms with Gasteiger partial charge in [-0.3, -0.25) is 0 Å². The molecule has 4 aromatic rings. The number of aromatic nitrogens is 2. The summed E-state index contributed by atoms with van der Waals surface area (Å²) in [6, 6.07) is 21.8. The molecular formula is C28H26Cl2FN6OP. The van der Waals surface area contributed by atoms with E-state index in [1.807, 2.05) is 53.7 Å². The van der Waals surface area contributed by atoms with Crippen LogP contribution in [-0.2, 0) is 4.74 Å². The fourth-order valence-corrected chi connectivity index (χ4v) is 9.55. The molecule has 0 radical (unpaired) electrons. The average molecular weight is 583 g/mol. The molecule has 200 valence electrons. The lowest BCUT2D eigenvalue weighted by atomic mass is 10.2. The summed E-state index contributed by atoms with van der Waals surface area (Å²) in [4.78, 5) is 5.08. The van der Waals surface area contributed by atoms with E-state index in [-0.39, 0.29) is 5.82 Å². The van der Waals surface area contributed by atoms with Crippen molar-refractivity contribution in [3.05, 3.63) is 99.9 Å². The summed E-state index contributed by atoms with van der Waals surface area (Å²) < 4.78 is 32.7. The fraction of sp³-hybridized carbons (Fsp3) is 0.214. The summed E-state index contributed by atoms with van der Waals surface area (Å²) >= 11 is 13.4. The summed E-state index contributed by atoms with van der Waals surface area (Å²) in [7, 11) is -1.02. The first-order valence-electron chi connectivity index (χ1n) is 12.5. The number of fused-ring (bicyclic) bond motifs is 1. The Kier molecular flexibility index (Phi) is 7.08. The molecule has 0 saturated carbocycles. The number of halogens is 3. The highest BCUT2D eigenvalue weighted by Crippen LogP contribution is 2.63. The predicted octanol–water partition coefficient (Wildman–Crippen LogP) is 6.97. The SMILES string of the molecule is Cc1nn(-c2ccccc2)c2c1P(=Nc1c(Cl)cccc1Cl)(N1CCOCC1)N(C)C(c1ccccc1F)=N2. The lowest BCUT2D eigenvalue weighted by Crippen LogP contribution is -2.45. The van der Waals surface area contributed by atoms with E-state index in [0.29, 0.717) is 59.3 Å². The normalized spacial score (nSPS) is 19.5. The molecule has 2 aliphatic heterocycles. The smallest absolute Gasteiger partial charge is 0.170 e. The summed E-state index contributed by atoms with van der Waals surface area (Å²) in [5, 5.41) is 6.71. The van der Waals surface area contributed by atoms with Gasteiger partial charge in [-0.15, -0.1) is 0 Å². The van der Waals surface area contributed by atoms with Crippen molar-refractivity contribution in [1.82, 2.24) is 19.1 Å². The Labute approximate surface area is 236 Å². The molecule has 1 saturated heterocycles. The van der Waals surface area contributed by atoms with Gasteiger partial charge in [0.05, 0.1) is 45.5 Å². The van der Waals surface area contributed by atoms with Crippen molar-refractivity contribution in [3.8, 4) is 5.69 Å². The molecule has 1 aromatic heterocycles. The van der Waals surface area contributed by atoms with Crippen molar-refractivity contribution >= 4 is 53.2 Å². The first-order valence-corrected chi connectivity index (χ1v) is 14.9. The van der Waals surface area contributed by atoms with Crippen LogP contribution >= 0.6 is 30.6 Å². The number of ether oxygens (including phenoxy) is 1. The van der Waals surface area contributed by atoms with Crippen LogP contribution < -0.4 is 5.30 Å². The van der Waals surface area contributed by atoms with Gasteiger partial charge in [-0.1, -0.05) is 59.6 Å². The molecule has 3 aromatic carbocycles. The lowest BCUT2D eigenvalue weighted by molar-refractivity contribution is 0.0732. The molecule has 1 atom stereocenters. The topological polar surface area (TPSA) is 58.3 Å². The molecule has 1 fully saturated rings. The van der Waals surface area contributed by atoms with Gasteiger partial charge in [0.15, 0.2) is 13.2 Å².